The molecular weight excluding hydrogens is 332 g/mol. The van der Waals surface area contributed by atoms with E-state index in [1.807, 2.05) is 30.3 Å². The molecule has 0 saturated carbocycles. The van der Waals surface area contributed by atoms with Gasteiger partial charge < -0.3 is 9.84 Å². The van der Waals surface area contributed by atoms with Crippen LogP contribution in [0, 0.1) is 10.1 Å². The highest BCUT2D eigenvalue weighted by molar-refractivity contribution is 5.32. The molecule has 1 atom stereocenters. The number of nitro groups is 1. The van der Waals surface area contributed by atoms with Crippen LogP contribution in [0.2, 0.25) is 0 Å². The van der Waals surface area contributed by atoms with Crippen molar-refractivity contribution in [3.8, 4) is 5.75 Å². The molecule has 0 aliphatic carbocycles. The lowest BCUT2D eigenvalue weighted by atomic mass is 10.0. The van der Waals surface area contributed by atoms with Crippen LogP contribution >= 0.6 is 0 Å². The second-order valence-electron chi connectivity index (χ2n) is 7.25. The zero-order chi connectivity index (χ0) is 19.2. The molecule has 2 aromatic carbocycles. The third-order valence-corrected chi connectivity index (χ3v) is 4.09. The smallest absolute Gasteiger partial charge is 0.269 e. The molecule has 0 aliphatic heterocycles. The molecule has 26 heavy (non-hydrogen) atoms. The molecule has 2 aromatic rings. The second kappa shape index (κ2) is 8.78. The molecule has 140 valence electrons. The number of benzene rings is 2. The monoisotopic (exact) mass is 358 g/mol. The van der Waals surface area contributed by atoms with Crippen LogP contribution in [0.5, 0.6) is 5.75 Å². The Morgan fingerprint density at radius 3 is 2.27 bits per heavy atom. The van der Waals surface area contributed by atoms with E-state index in [1.54, 1.807) is 12.1 Å². The molecule has 0 amide bonds. The molecule has 0 saturated heterocycles. The molecule has 0 aliphatic rings. The van der Waals surface area contributed by atoms with Crippen LogP contribution in [0.1, 0.15) is 26.3 Å². The maximum atomic E-state index is 10.8. The van der Waals surface area contributed by atoms with Gasteiger partial charge in [-0.05, 0) is 38.5 Å². The van der Waals surface area contributed by atoms with Gasteiger partial charge in [0, 0.05) is 30.8 Å². The van der Waals surface area contributed by atoms with E-state index in [2.05, 4.69) is 25.7 Å². The molecule has 0 spiro atoms. The molecular formula is C20H26N2O4. The number of aliphatic hydroxyl groups is 1. The summed E-state index contributed by atoms with van der Waals surface area (Å²) in [5, 5.41) is 21.2. The molecule has 0 aromatic heterocycles. The number of nitro benzene ring substituents is 1. The van der Waals surface area contributed by atoms with E-state index in [1.165, 1.54) is 12.1 Å². The third kappa shape index (κ3) is 6.13. The van der Waals surface area contributed by atoms with Gasteiger partial charge in [-0.3, -0.25) is 15.0 Å². The summed E-state index contributed by atoms with van der Waals surface area (Å²) in [6.07, 6.45) is -0.646. The van der Waals surface area contributed by atoms with E-state index in [-0.39, 0.29) is 17.8 Å². The van der Waals surface area contributed by atoms with Gasteiger partial charge >= 0.3 is 0 Å². The third-order valence-electron chi connectivity index (χ3n) is 4.09. The quantitative estimate of drug-likeness (QED) is 0.576. The summed E-state index contributed by atoms with van der Waals surface area (Å²) in [6, 6.07) is 15.9. The number of para-hydroxylation sites is 1. The number of β-amino-alcohol motifs (C(OH)–C–C–N with tert-alkyl or cyclic N) is 1. The molecule has 0 heterocycles. The standard InChI is InChI=1S/C20H26N2O4/c1-20(2,3)21(13-16-9-11-17(12-10-16)22(24)25)14-18(23)15-26-19-7-5-4-6-8-19/h4-12,18,23H,13-15H2,1-3H3/t18-/m1/s1. The van der Waals surface area contributed by atoms with Crippen molar-refractivity contribution in [3.05, 3.63) is 70.3 Å². The Morgan fingerprint density at radius 1 is 1.12 bits per heavy atom. The van der Waals surface area contributed by atoms with Gasteiger partial charge in [0.25, 0.3) is 5.69 Å². The summed E-state index contributed by atoms with van der Waals surface area (Å²) in [5.41, 5.74) is 0.865. The number of aliphatic hydroxyl groups excluding tert-OH is 1. The zero-order valence-corrected chi connectivity index (χ0v) is 15.5. The predicted octanol–water partition coefficient (Wildman–Crippen LogP) is 3.64. The average molecular weight is 358 g/mol. The summed E-state index contributed by atoms with van der Waals surface area (Å²) in [5.74, 6) is 0.726. The van der Waals surface area contributed by atoms with Crippen LogP contribution in [0.15, 0.2) is 54.6 Å². The minimum atomic E-state index is -0.646. The number of ether oxygens (including phenoxy) is 1. The Balaban J connectivity index is 1.97. The normalized spacial score (nSPS) is 12.8. The topological polar surface area (TPSA) is 75.8 Å². The van der Waals surface area contributed by atoms with Crippen molar-refractivity contribution in [3.63, 3.8) is 0 Å². The van der Waals surface area contributed by atoms with Gasteiger partial charge in [-0.25, -0.2) is 0 Å². The predicted molar refractivity (Wildman–Crippen MR) is 101 cm³/mol. The fraction of sp³-hybridized carbons (Fsp3) is 0.400. The second-order valence-corrected chi connectivity index (χ2v) is 7.25. The maximum absolute atomic E-state index is 10.8. The molecule has 6 heteroatoms. The van der Waals surface area contributed by atoms with E-state index < -0.39 is 11.0 Å². The number of hydrogen-bond donors (Lipinski definition) is 1. The SMILES string of the molecule is CC(C)(C)N(Cc1ccc([N+](=O)[O-])cc1)C[C@@H](O)COc1ccccc1. The van der Waals surface area contributed by atoms with Crippen LogP contribution in [0.4, 0.5) is 5.69 Å². The van der Waals surface area contributed by atoms with Crippen LogP contribution in [0.25, 0.3) is 0 Å². The average Bonchev–Trinajstić information content (AvgIpc) is 2.60. The lowest BCUT2D eigenvalue weighted by Gasteiger charge is -2.37. The van der Waals surface area contributed by atoms with Crippen molar-refractivity contribution in [1.29, 1.82) is 0 Å². The van der Waals surface area contributed by atoms with Gasteiger partial charge in [-0.1, -0.05) is 30.3 Å². The van der Waals surface area contributed by atoms with Crippen molar-refractivity contribution < 1.29 is 14.8 Å². The van der Waals surface area contributed by atoms with E-state index in [9.17, 15) is 15.2 Å². The first kappa shape index (κ1) is 19.9. The Morgan fingerprint density at radius 2 is 1.73 bits per heavy atom. The lowest BCUT2D eigenvalue weighted by Crippen LogP contribution is -2.46. The zero-order valence-electron chi connectivity index (χ0n) is 15.5. The van der Waals surface area contributed by atoms with Crippen LogP contribution in [0.3, 0.4) is 0 Å². The van der Waals surface area contributed by atoms with Gasteiger partial charge in [0.05, 0.1) is 4.92 Å². The van der Waals surface area contributed by atoms with Gasteiger partial charge in [0.2, 0.25) is 0 Å². The van der Waals surface area contributed by atoms with Crippen molar-refractivity contribution in [2.24, 2.45) is 0 Å². The number of hydrogen-bond acceptors (Lipinski definition) is 5. The van der Waals surface area contributed by atoms with Gasteiger partial charge in [-0.2, -0.15) is 0 Å². The number of nitrogens with zero attached hydrogens (tertiary/aromatic N) is 2. The molecule has 0 bridgehead atoms. The van der Waals surface area contributed by atoms with Gasteiger partial charge in [-0.15, -0.1) is 0 Å². The fourth-order valence-electron chi connectivity index (χ4n) is 2.54. The molecule has 1 N–H and O–H groups in total. The van der Waals surface area contributed by atoms with E-state index >= 15 is 0 Å². The Bertz CT molecular complexity index is 696. The van der Waals surface area contributed by atoms with Gasteiger partial charge in [0.1, 0.15) is 18.5 Å². The van der Waals surface area contributed by atoms with Gasteiger partial charge in [0.15, 0.2) is 0 Å². The summed E-state index contributed by atoms with van der Waals surface area (Å²) >= 11 is 0. The van der Waals surface area contributed by atoms with Crippen molar-refractivity contribution >= 4 is 5.69 Å². The Kier molecular flexibility index (Phi) is 6.71. The summed E-state index contributed by atoms with van der Waals surface area (Å²) in [6.45, 7) is 7.45. The van der Waals surface area contributed by atoms with Crippen LogP contribution < -0.4 is 4.74 Å². The summed E-state index contributed by atoms with van der Waals surface area (Å²) in [4.78, 5) is 12.5. The first-order valence-corrected chi connectivity index (χ1v) is 8.60. The molecule has 0 radical (unpaired) electrons. The van der Waals surface area contributed by atoms with E-state index in [0.717, 1.165) is 11.3 Å². The summed E-state index contributed by atoms with van der Waals surface area (Å²) < 4.78 is 5.62. The first-order valence-electron chi connectivity index (χ1n) is 8.60. The Hall–Kier alpha value is -2.44. The largest absolute Gasteiger partial charge is 0.491 e. The van der Waals surface area contributed by atoms with Crippen molar-refractivity contribution in [1.82, 2.24) is 4.90 Å². The highest BCUT2D eigenvalue weighted by atomic mass is 16.6. The summed E-state index contributed by atoms with van der Waals surface area (Å²) in [7, 11) is 0. The maximum Gasteiger partial charge on any atom is 0.269 e. The lowest BCUT2D eigenvalue weighted by molar-refractivity contribution is -0.384. The highest BCUT2D eigenvalue weighted by Crippen LogP contribution is 2.20. The van der Waals surface area contributed by atoms with Crippen molar-refractivity contribution in [2.75, 3.05) is 13.2 Å². The Labute approximate surface area is 154 Å². The fourth-order valence-corrected chi connectivity index (χ4v) is 2.54. The minimum Gasteiger partial charge on any atom is -0.491 e. The number of rotatable bonds is 8. The minimum absolute atomic E-state index is 0.0763. The molecule has 6 nitrogen and oxygen atoms in total. The first-order chi connectivity index (χ1) is 12.3. The molecule has 0 fully saturated rings. The number of non-ortho nitro benzene ring substituents is 1. The molecule has 2 rings (SSSR count). The molecule has 0 unspecified atom stereocenters. The van der Waals surface area contributed by atoms with E-state index in [4.69, 9.17) is 4.74 Å². The van der Waals surface area contributed by atoms with Crippen molar-refractivity contribution in [2.45, 2.75) is 39.0 Å². The highest BCUT2D eigenvalue weighted by Gasteiger charge is 2.24. The van der Waals surface area contributed by atoms with E-state index in [0.29, 0.717) is 13.1 Å². The van der Waals surface area contributed by atoms with Crippen LogP contribution in [-0.2, 0) is 6.54 Å². The van der Waals surface area contributed by atoms with Crippen LogP contribution in [-0.4, -0.2) is 39.7 Å².